The zero-order valence-corrected chi connectivity index (χ0v) is 6.81. The number of halogens is 1. The van der Waals surface area contributed by atoms with Crippen molar-refractivity contribution in [3.8, 4) is 0 Å². The number of rotatable bonds is 1. The molecule has 1 rings (SSSR count). The van der Waals surface area contributed by atoms with E-state index >= 15 is 0 Å². The molecule has 0 bridgehead atoms. The summed E-state index contributed by atoms with van der Waals surface area (Å²) in [5, 5.41) is -0.781. The lowest BCUT2D eigenvalue weighted by atomic mass is 10.3. The van der Waals surface area contributed by atoms with E-state index in [1.165, 1.54) is 11.8 Å². The van der Waals surface area contributed by atoms with E-state index in [0.29, 0.717) is 5.69 Å². The fourth-order valence-electron chi connectivity index (χ4n) is 0.766. The Morgan fingerprint density at radius 1 is 1.64 bits per heavy atom. The van der Waals surface area contributed by atoms with Crippen molar-refractivity contribution in [3.63, 3.8) is 0 Å². The molecule has 5 heteroatoms. The Morgan fingerprint density at radius 2 is 2.18 bits per heavy atom. The molecule has 0 unspecified atom stereocenters. The number of aryl methyl sites for hydroxylation is 1. The van der Waals surface area contributed by atoms with Crippen LogP contribution in [0, 0.1) is 6.92 Å². The van der Waals surface area contributed by atoms with Crippen LogP contribution >= 0.6 is 11.6 Å². The van der Waals surface area contributed by atoms with E-state index in [4.69, 9.17) is 11.6 Å². The summed E-state index contributed by atoms with van der Waals surface area (Å²) in [4.78, 5) is 21.4. The van der Waals surface area contributed by atoms with E-state index in [1.807, 2.05) is 0 Å². The van der Waals surface area contributed by atoms with E-state index in [9.17, 15) is 9.59 Å². The lowest BCUT2D eigenvalue weighted by Gasteiger charge is -1.89. The first-order valence-corrected chi connectivity index (χ1v) is 3.28. The minimum atomic E-state index is -0.781. The van der Waals surface area contributed by atoms with Crippen molar-refractivity contribution in [3.05, 3.63) is 21.7 Å². The summed E-state index contributed by atoms with van der Waals surface area (Å²) < 4.78 is 5.77. The summed E-state index contributed by atoms with van der Waals surface area (Å²) in [6.45, 7) is 1.58. The van der Waals surface area contributed by atoms with Crippen molar-refractivity contribution in [1.82, 2.24) is 4.74 Å². The zero-order chi connectivity index (χ0) is 8.59. The van der Waals surface area contributed by atoms with Gasteiger partial charge in [0.1, 0.15) is 5.56 Å². The van der Waals surface area contributed by atoms with E-state index in [-0.39, 0.29) is 5.56 Å². The number of hydrogen-bond donors (Lipinski definition) is 0. The fourth-order valence-corrected chi connectivity index (χ4v) is 0.980. The van der Waals surface area contributed by atoms with Crippen molar-refractivity contribution < 1.29 is 9.32 Å². The van der Waals surface area contributed by atoms with Gasteiger partial charge < -0.3 is 4.52 Å². The summed E-state index contributed by atoms with van der Waals surface area (Å²) in [6, 6.07) is 0. The van der Waals surface area contributed by atoms with Gasteiger partial charge in [0.2, 0.25) is 0 Å². The molecule has 4 nitrogen and oxygen atoms in total. The summed E-state index contributed by atoms with van der Waals surface area (Å²) in [5.74, 6) is 0. The predicted molar refractivity (Wildman–Crippen MR) is 38.9 cm³/mol. The van der Waals surface area contributed by atoms with Gasteiger partial charge in [-0.25, -0.2) is 9.53 Å². The SMILES string of the molecule is Cc1c(C(=O)Cl)c(=O)on1C. The van der Waals surface area contributed by atoms with E-state index < -0.39 is 10.9 Å². The molecule has 1 aromatic rings. The second-order valence-electron chi connectivity index (χ2n) is 2.11. The Morgan fingerprint density at radius 3 is 2.36 bits per heavy atom. The largest absolute Gasteiger partial charge is 0.369 e. The molecule has 0 radical (unpaired) electrons. The van der Waals surface area contributed by atoms with Crippen LogP contribution in [0.4, 0.5) is 0 Å². The third-order valence-corrected chi connectivity index (χ3v) is 1.64. The molecule has 0 saturated heterocycles. The Bertz CT molecular complexity index is 349. The van der Waals surface area contributed by atoms with Crippen LogP contribution < -0.4 is 5.63 Å². The van der Waals surface area contributed by atoms with Gasteiger partial charge in [0.15, 0.2) is 0 Å². The lowest BCUT2D eigenvalue weighted by molar-refractivity contribution is 0.107. The number of nitrogens with zero attached hydrogens (tertiary/aromatic N) is 1. The van der Waals surface area contributed by atoms with Gasteiger partial charge in [0, 0.05) is 7.05 Å². The van der Waals surface area contributed by atoms with Gasteiger partial charge >= 0.3 is 5.63 Å². The van der Waals surface area contributed by atoms with Crippen LogP contribution in [0.5, 0.6) is 0 Å². The highest BCUT2D eigenvalue weighted by molar-refractivity contribution is 6.67. The molecule has 60 valence electrons. The number of hydrogen-bond acceptors (Lipinski definition) is 3. The molecule has 11 heavy (non-hydrogen) atoms. The Balaban J connectivity index is 3.46. The Labute approximate surface area is 67.3 Å². The maximum Gasteiger partial charge on any atom is 0.369 e. The highest BCUT2D eigenvalue weighted by Gasteiger charge is 2.16. The minimum Gasteiger partial charge on any atom is -0.336 e. The number of aromatic nitrogens is 1. The maximum absolute atomic E-state index is 10.8. The van der Waals surface area contributed by atoms with Gasteiger partial charge in [-0.1, -0.05) is 0 Å². The summed E-state index contributed by atoms with van der Waals surface area (Å²) in [6.07, 6.45) is 0. The van der Waals surface area contributed by atoms with Crippen molar-refractivity contribution in [2.45, 2.75) is 6.92 Å². The quantitative estimate of drug-likeness (QED) is 0.590. The van der Waals surface area contributed by atoms with Gasteiger partial charge in [-0.15, -0.1) is 0 Å². The number of carbonyl (C=O) groups excluding carboxylic acids is 1. The second-order valence-corrected chi connectivity index (χ2v) is 2.45. The predicted octanol–water partition coefficient (Wildman–Crippen LogP) is 0.666. The molecule has 0 aliphatic rings. The molecule has 0 spiro atoms. The van der Waals surface area contributed by atoms with E-state index in [0.717, 1.165) is 0 Å². The van der Waals surface area contributed by atoms with Crippen molar-refractivity contribution >= 4 is 16.8 Å². The van der Waals surface area contributed by atoms with Crippen molar-refractivity contribution in [2.75, 3.05) is 0 Å². The Kier molecular flexibility index (Phi) is 1.87. The van der Waals surface area contributed by atoms with Crippen LogP contribution in [-0.2, 0) is 7.05 Å². The molecule has 1 heterocycles. The molecule has 0 fully saturated rings. The molecule has 0 atom stereocenters. The van der Waals surface area contributed by atoms with Gasteiger partial charge in [0.25, 0.3) is 5.24 Å². The molecule has 0 N–H and O–H groups in total. The van der Waals surface area contributed by atoms with Gasteiger partial charge in [-0.3, -0.25) is 4.79 Å². The third-order valence-electron chi connectivity index (χ3n) is 1.45. The summed E-state index contributed by atoms with van der Waals surface area (Å²) in [7, 11) is 1.53. The van der Waals surface area contributed by atoms with Crippen molar-refractivity contribution in [2.24, 2.45) is 7.05 Å². The van der Waals surface area contributed by atoms with E-state index in [2.05, 4.69) is 4.52 Å². The smallest absolute Gasteiger partial charge is 0.336 e. The molecule has 0 aromatic carbocycles. The van der Waals surface area contributed by atoms with Crippen LogP contribution in [0.3, 0.4) is 0 Å². The monoisotopic (exact) mass is 175 g/mol. The molecule has 0 aliphatic carbocycles. The van der Waals surface area contributed by atoms with Gasteiger partial charge in [-0.2, -0.15) is 0 Å². The first-order valence-electron chi connectivity index (χ1n) is 2.90. The van der Waals surface area contributed by atoms with Gasteiger partial charge in [-0.05, 0) is 18.5 Å². The second kappa shape index (κ2) is 2.54. The first-order chi connectivity index (χ1) is 5.04. The lowest BCUT2D eigenvalue weighted by Crippen LogP contribution is -2.05. The highest BCUT2D eigenvalue weighted by atomic mass is 35.5. The van der Waals surface area contributed by atoms with E-state index in [1.54, 1.807) is 6.92 Å². The maximum atomic E-state index is 10.8. The van der Waals surface area contributed by atoms with Crippen LogP contribution in [0.15, 0.2) is 9.32 Å². The average molecular weight is 176 g/mol. The Hall–Kier alpha value is -1.03. The standard InChI is InChI=1S/C6H6ClNO3/c1-3-4(5(7)9)6(10)11-8(3)2/h1-2H3. The third kappa shape index (κ3) is 1.21. The molecule has 0 amide bonds. The normalized spacial score (nSPS) is 10.1. The molecular weight excluding hydrogens is 170 g/mol. The minimum absolute atomic E-state index is 0.0887. The van der Waals surface area contributed by atoms with Crippen LogP contribution in [0.25, 0.3) is 0 Å². The number of carbonyl (C=O) groups is 1. The van der Waals surface area contributed by atoms with Crippen molar-refractivity contribution in [1.29, 1.82) is 0 Å². The fraction of sp³-hybridized carbons (Fsp3) is 0.333. The molecule has 1 aromatic heterocycles. The van der Waals surface area contributed by atoms with Crippen LogP contribution in [-0.4, -0.2) is 9.98 Å². The first kappa shape index (κ1) is 8.07. The molecule has 0 saturated carbocycles. The summed E-state index contributed by atoms with van der Waals surface area (Å²) >= 11 is 5.11. The molecule has 0 aliphatic heterocycles. The van der Waals surface area contributed by atoms with Crippen LogP contribution in [0.1, 0.15) is 16.1 Å². The average Bonchev–Trinajstić information content (AvgIpc) is 2.07. The van der Waals surface area contributed by atoms with Gasteiger partial charge in [0.05, 0.1) is 5.69 Å². The topological polar surface area (TPSA) is 52.2 Å². The molecular formula is C6H6ClNO3. The summed E-state index contributed by atoms with van der Waals surface area (Å²) in [5.41, 5.74) is -0.339. The highest BCUT2D eigenvalue weighted by Crippen LogP contribution is 2.04. The zero-order valence-electron chi connectivity index (χ0n) is 6.05. The van der Waals surface area contributed by atoms with Crippen LogP contribution in [0.2, 0.25) is 0 Å².